The molecule has 0 aliphatic rings. The number of hydrogen-bond acceptors (Lipinski definition) is 4. The topological polar surface area (TPSA) is 86.8 Å². The quantitative estimate of drug-likeness (QED) is 0.437. The fraction of sp³-hybridized carbons (Fsp3) is 0.310. The maximum absolute atomic E-state index is 13.8. The van der Waals surface area contributed by atoms with Crippen LogP contribution < -0.4 is 9.62 Å². The van der Waals surface area contributed by atoms with E-state index in [1.54, 1.807) is 43.3 Å². The number of nitrogens with zero attached hydrogens (tertiary/aromatic N) is 2. The number of aryl methyl sites for hydroxylation is 3. The molecular weight excluding hydrogens is 486 g/mol. The molecule has 1 N–H and O–H groups in total. The summed E-state index contributed by atoms with van der Waals surface area (Å²) in [6.07, 6.45) is 0.530. The Hall–Kier alpha value is -3.65. The smallest absolute Gasteiger partial charge is 0.264 e. The highest BCUT2D eigenvalue weighted by Crippen LogP contribution is 2.26. The number of carbonyl (C=O) groups excluding carboxylic acids is 2. The minimum absolute atomic E-state index is 0.0966. The van der Waals surface area contributed by atoms with Crippen LogP contribution in [0.25, 0.3) is 0 Å². The molecule has 0 spiro atoms. The number of carbonyl (C=O) groups is 2. The molecule has 0 heterocycles. The van der Waals surface area contributed by atoms with Crippen LogP contribution in [0.5, 0.6) is 0 Å². The standard InChI is InChI=1S/C29H35N3O4S/c1-21-11-15-27(16-12-21)37(35,36)32(26-14-13-22(2)23(3)19-26)20-28(33)31(24(4)29(34)30-5)18-17-25-9-7-6-8-10-25/h6-16,19,24H,17-18,20H2,1-5H3,(H,30,34)/t24-/m1/s1. The zero-order chi connectivity index (χ0) is 27.2. The Balaban J connectivity index is 2.00. The Morgan fingerprint density at radius 1 is 0.892 bits per heavy atom. The number of rotatable bonds is 10. The molecule has 0 saturated carbocycles. The van der Waals surface area contributed by atoms with Gasteiger partial charge in [-0.25, -0.2) is 8.42 Å². The molecule has 0 aliphatic heterocycles. The van der Waals surface area contributed by atoms with Crippen molar-refractivity contribution in [3.63, 3.8) is 0 Å². The predicted molar refractivity (Wildman–Crippen MR) is 147 cm³/mol. The molecule has 3 aromatic rings. The molecule has 7 nitrogen and oxygen atoms in total. The van der Waals surface area contributed by atoms with Gasteiger partial charge in [0, 0.05) is 13.6 Å². The van der Waals surface area contributed by atoms with E-state index in [4.69, 9.17) is 0 Å². The monoisotopic (exact) mass is 521 g/mol. The number of anilines is 1. The van der Waals surface area contributed by atoms with Gasteiger partial charge >= 0.3 is 0 Å². The minimum Gasteiger partial charge on any atom is -0.357 e. The SMILES string of the molecule is CNC(=O)[C@@H](C)N(CCc1ccccc1)C(=O)CN(c1ccc(C)c(C)c1)S(=O)(=O)c1ccc(C)cc1. The molecule has 3 aromatic carbocycles. The lowest BCUT2D eigenvalue weighted by Gasteiger charge is -2.32. The Morgan fingerprint density at radius 3 is 2.14 bits per heavy atom. The van der Waals surface area contributed by atoms with Crippen molar-refractivity contribution in [3.8, 4) is 0 Å². The molecule has 0 aromatic heterocycles. The molecule has 0 radical (unpaired) electrons. The maximum Gasteiger partial charge on any atom is 0.264 e. The van der Waals surface area contributed by atoms with Gasteiger partial charge in [0.25, 0.3) is 10.0 Å². The van der Waals surface area contributed by atoms with Crippen molar-refractivity contribution in [1.82, 2.24) is 10.2 Å². The Morgan fingerprint density at radius 2 is 1.54 bits per heavy atom. The van der Waals surface area contributed by atoms with Crippen molar-refractivity contribution in [2.45, 2.75) is 45.1 Å². The highest BCUT2D eigenvalue weighted by Gasteiger charge is 2.32. The summed E-state index contributed by atoms with van der Waals surface area (Å²) in [6.45, 7) is 7.20. The summed E-state index contributed by atoms with van der Waals surface area (Å²) in [5.74, 6) is -0.776. The van der Waals surface area contributed by atoms with Crippen LogP contribution in [0.3, 0.4) is 0 Å². The molecule has 0 saturated heterocycles. The van der Waals surface area contributed by atoms with Crippen LogP contribution in [0.2, 0.25) is 0 Å². The van der Waals surface area contributed by atoms with E-state index in [0.29, 0.717) is 12.1 Å². The number of hydrogen-bond donors (Lipinski definition) is 1. The van der Waals surface area contributed by atoms with Gasteiger partial charge in [-0.05, 0) is 75.1 Å². The van der Waals surface area contributed by atoms with E-state index in [-0.39, 0.29) is 17.3 Å². The lowest BCUT2D eigenvalue weighted by atomic mass is 10.1. The first kappa shape index (κ1) is 27.9. The number of sulfonamides is 1. The third-order valence-corrected chi connectivity index (χ3v) is 8.35. The van der Waals surface area contributed by atoms with Crippen molar-refractivity contribution in [2.24, 2.45) is 0 Å². The number of likely N-dealkylation sites (N-methyl/N-ethyl adjacent to an activating group) is 1. The van der Waals surface area contributed by atoms with Crippen LogP contribution in [0, 0.1) is 20.8 Å². The van der Waals surface area contributed by atoms with Crippen LogP contribution in [0.15, 0.2) is 77.7 Å². The molecule has 196 valence electrons. The first-order valence-corrected chi connectivity index (χ1v) is 13.7. The molecule has 0 aliphatic carbocycles. The second-order valence-electron chi connectivity index (χ2n) is 9.21. The van der Waals surface area contributed by atoms with Gasteiger partial charge in [0.1, 0.15) is 12.6 Å². The van der Waals surface area contributed by atoms with Crippen LogP contribution in [0.4, 0.5) is 5.69 Å². The van der Waals surface area contributed by atoms with E-state index in [1.807, 2.05) is 57.2 Å². The van der Waals surface area contributed by atoms with E-state index in [2.05, 4.69) is 5.32 Å². The van der Waals surface area contributed by atoms with Crippen LogP contribution in [-0.4, -0.2) is 51.3 Å². The number of amides is 2. The summed E-state index contributed by atoms with van der Waals surface area (Å²) < 4.78 is 28.8. The summed E-state index contributed by atoms with van der Waals surface area (Å²) in [5, 5.41) is 2.59. The Bertz CT molecular complexity index is 1340. The maximum atomic E-state index is 13.8. The van der Waals surface area contributed by atoms with Gasteiger partial charge in [0.05, 0.1) is 10.6 Å². The third kappa shape index (κ3) is 6.77. The second-order valence-corrected chi connectivity index (χ2v) is 11.1. The molecule has 3 rings (SSSR count). The van der Waals surface area contributed by atoms with Gasteiger partial charge in [-0.2, -0.15) is 0 Å². The molecule has 37 heavy (non-hydrogen) atoms. The summed E-state index contributed by atoms with van der Waals surface area (Å²) in [4.78, 5) is 27.8. The predicted octanol–water partition coefficient (Wildman–Crippen LogP) is 4.01. The normalized spacial score (nSPS) is 12.0. The first-order valence-electron chi connectivity index (χ1n) is 12.3. The lowest BCUT2D eigenvalue weighted by molar-refractivity contribution is -0.138. The fourth-order valence-electron chi connectivity index (χ4n) is 4.03. The van der Waals surface area contributed by atoms with Crippen LogP contribution in [-0.2, 0) is 26.0 Å². The molecule has 0 bridgehead atoms. The summed E-state index contributed by atoms with van der Waals surface area (Å²) in [5.41, 5.74) is 4.27. The molecule has 0 fully saturated rings. The van der Waals surface area contributed by atoms with E-state index in [1.165, 1.54) is 11.9 Å². The average molecular weight is 522 g/mol. The van der Waals surface area contributed by atoms with Crippen molar-refractivity contribution < 1.29 is 18.0 Å². The number of nitrogens with one attached hydrogen (secondary N) is 1. The number of benzene rings is 3. The van der Waals surface area contributed by atoms with E-state index >= 15 is 0 Å². The van der Waals surface area contributed by atoms with Gasteiger partial charge < -0.3 is 10.2 Å². The zero-order valence-corrected chi connectivity index (χ0v) is 22.9. The van der Waals surface area contributed by atoms with Crippen molar-refractivity contribution in [2.75, 3.05) is 24.4 Å². The highest BCUT2D eigenvalue weighted by molar-refractivity contribution is 7.92. The molecule has 8 heteroatoms. The van der Waals surface area contributed by atoms with Crippen molar-refractivity contribution in [1.29, 1.82) is 0 Å². The summed E-state index contributed by atoms with van der Waals surface area (Å²) in [6, 6.07) is 20.7. The molecular formula is C29H35N3O4S. The van der Waals surface area contributed by atoms with Crippen LogP contribution in [0.1, 0.15) is 29.2 Å². The van der Waals surface area contributed by atoms with Gasteiger partial charge in [-0.3, -0.25) is 13.9 Å². The summed E-state index contributed by atoms with van der Waals surface area (Å²) >= 11 is 0. The fourth-order valence-corrected chi connectivity index (χ4v) is 5.43. The van der Waals surface area contributed by atoms with E-state index < -0.39 is 28.5 Å². The second kappa shape index (κ2) is 12.1. The van der Waals surface area contributed by atoms with E-state index in [9.17, 15) is 18.0 Å². The van der Waals surface area contributed by atoms with Crippen LogP contribution >= 0.6 is 0 Å². The van der Waals surface area contributed by atoms with Gasteiger partial charge in [0.2, 0.25) is 11.8 Å². The average Bonchev–Trinajstić information content (AvgIpc) is 2.89. The molecule has 1 atom stereocenters. The zero-order valence-electron chi connectivity index (χ0n) is 22.1. The van der Waals surface area contributed by atoms with Crippen molar-refractivity contribution >= 4 is 27.5 Å². The Labute approximate surface area is 220 Å². The Kier molecular flexibility index (Phi) is 9.10. The first-order chi connectivity index (χ1) is 17.5. The van der Waals surface area contributed by atoms with Gasteiger partial charge in [-0.15, -0.1) is 0 Å². The highest BCUT2D eigenvalue weighted by atomic mass is 32.2. The minimum atomic E-state index is -4.06. The third-order valence-electron chi connectivity index (χ3n) is 6.56. The van der Waals surface area contributed by atoms with E-state index in [0.717, 1.165) is 26.6 Å². The van der Waals surface area contributed by atoms with Gasteiger partial charge in [0.15, 0.2) is 0 Å². The lowest BCUT2D eigenvalue weighted by Crippen LogP contribution is -2.51. The molecule has 0 unspecified atom stereocenters. The largest absolute Gasteiger partial charge is 0.357 e. The molecule has 2 amide bonds. The van der Waals surface area contributed by atoms with Gasteiger partial charge in [-0.1, -0.05) is 54.1 Å². The van der Waals surface area contributed by atoms with Crippen molar-refractivity contribution in [3.05, 3.63) is 95.1 Å². The summed E-state index contributed by atoms with van der Waals surface area (Å²) in [7, 11) is -2.55.